The van der Waals surface area contributed by atoms with Crippen molar-refractivity contribution < 1.29 is 19.1 Å². The molecule has 2 amide bonds. The maximum atomic E-state index is 13.4. The van der Waals surface area contributed by atoms with Gasteiger partial charge in [-0.3, -0.25) is 9.69 Å². The Balaban J connectivity index is 1.94. The largest absolute Gasteiger partial charge is 0.444 e. The quantitative estimate of drug-likeness (QED) is 0.598. The number of ether oxygens (including phenoxy) is 2. The fourth-order valence-electron chi connectivity index (χ4n) is 4.97. The molecule has 0 radical (unpaired) electrons. The Morgan fingerprint density at radius 3 is 2.42 bits per heavy atom. The second-order valence-electron chi connectivity index (χ2n) is 10.6. The topological polar surface area (TPSA) is 59.1 Å². The number of β-lactam (4-membered cyclic amide) rings is 1. The summed E-state index contributed by atoms with van der Waals surface area (Å²) in [6, 6.07) is 9.63. The van der Waals surface area contributed by atoms with Crippen molar-refractivity contribution in [2.24, 2.45) is 5.41 Å². The van der Waals surface area contributed by atoms with Gasteiger partial charge in [0.25, 0.3) is 0 Å². The van der Waals surface area contributed by atoms with E-state index in [4.69, 9.17) is 9.47 Å². The molecule has 0 bridgehead atoms. The van der Waals surface area contributed by atoms with Crippen LogP contribution < -0.4 is 0 Å². The van der Waals surface area contributed by atoms with E-state index in [1.165, 1.54) is 0 Å². The van der Waals surface area contributed by atoms with Gasteiger partial charge in [0.1, 0.15) is 11.3 Å². The number of hydrogen-bond acceptors (Lipinski definition) is 4. The Kier molecular flexibility index (Phi) is 6.43. The van der Waals surface area contributed by atoms with Gasteiger partial charge < -0.3 is 14.4 Å². The van der Waals surface area contributed by atoms with Crippen molar-refractivity contribution in [1.29, 1.82) is 0 Å². The predicted octanol–water partition coefficient (Wildman–Crippen LogP) is 4.97. The molecule has 6 nitrogen and oxygen atoms in total. The van der Waals surface area contributed by atoms with Crippen LogP contribution in [0.15, 0.2) is 30.3 Å². The van der Waals surface area contributed by atoms with E-state index in [1.54, 1.807) is 4.90 Å². The van der Waals surface area contributed by atoms with E-state index in [1.807, 2.05) is 69.9 Å². The molecule has 2 fully saturated rings. The average molecular weight is 431 g/mol. The zero-order chi connectivity index (χ0) is 23.0. The summed E-state index contributed by atoms with van der Waals surface area (Å²) < 4.78 is 11.8. The second-order valence-corrected chi connectivity index (χ2v) is 10.6. The summed E-state index contributed by atoms with van der Waals surface area (Å²) in [6.07, 6.45) is 2.41. The van der Waals surface area contributed by atoms with Gasteiger partial charge in [-0.15, -0.1) is 0 Å². The molecule has 0 aromatic heterocycles. The zero-order valence-corrected chi connectivity index (χ0v) is 20.1. The van der Waals surface area contributed by atoms with Gasteiger partial charge in [0.15, 0.2) is 0 Å². The van der Waals surface area contributed by atoms with Crippen LogP contribution >= 0.6 is 0 Å². The maximum absolute atomic E-state index is 13.4. The Morgan fingerprint density at radius 1 is 1.19 bits per heavy atom. The number of carbonyl (C=O) groups is 2. The smallest absolute Gasteiger partial charge is 0.412 e. The van der Waals surface area contributed by atoms with Crippen molar-refractivity contribution in [2.45, 2.75) is 97.7 Å². The summed E-state index contributed by atoms with van der Waals surface area (Å²) in [7, 11) is 0. The molecular weight excluding hydrogens is 392 g/mol. The first-order chi connectivity index (χ1) is 14.4. The Bertz CT molecular complexity index is 801. The molecule has 0 spiro atoms. The van der Waals surface area contributed by atoms with Crippen LogP contribution in [-0.4, -0.2) is 51.8 Å². The van der Waals surface area contributed by atoms with Gasteiger partial charge >= 0.3 is 6.09 Å². The van der Waals surface area contributed by atoms with E-state index in [-0.39, 0.29) is 18.0 Å². The lowest BCUT2D eigenvalue weighted by Gasteiger charge is -2.58. The third kappa shape index (κ3) is 4.59. The molecule has 0 saturated carbocycles. The van der Waals surface area contributed by atoms with Gasteiger partial charge in [-0.1, -0.05) is 50.1 Å². The molecule has 31 heavy (non-hydrogen) atoms. The second kappa shape index (κ2) is 8.45. The van der Waals surface area contributed by atoms with Crippen LogP contribution in [0.1, 0.15) is 73.3 Å². The van der Waals surface area contributed by atoms with Gasteiger partial charge in [0.2, 0.25) is 5.91 Å². The van der Waals surface area contributed by atoms with Crippen LogP contribution in [0.3, 0.4) is 0 Å². The number of rotatable bonds is 6. The Morgan fingerprint density at radius 2 is 1.84 bits per heavy atom. The Labute approximate surface area is 186 Å². The van der Waals surface area contributed by atoms with E-state index in [0.717, 1.165) is 24.8 Å². The number of hydrogen-bond donors (Lipinski definition) is 0. The predicted molar refractivity (Wildman–Crippen MR) is 120 cm³/mol. The van der Waals surface area contributed by atoms with Crippen molar-refractivity contribution in [3.8, 4) is 0 Å². The monoisotopic (exact) mass is 430 g/mol. The van der Waals surface area contributed by atoms with Crippen LogP contribution in [0.5, 0.6) is 0 Å². The minimum atomic E-state index is -0.796. The first kappa shape index (κ1) is 23.6. The molecule has 3 rings (SSSR count). The summed E-state index contributed by atoms with van der Waals surface area (Å²) >= 11 is 0. The molecule has 1 aromatic rings. The van der Waals surface area contributed by atoms with Gasteiger partial charge in [-0.2, -0.15) is 0 Å². The van der Waals surface area contributed by atoms with Crippen LogP contribution in [0, 0.1) is 5.41 Å². The standard InChI is InChI=1S/C25H38N2O4/c1-8-9-15-25(7)20(26(21(25)28)16-18-13-11-10-12-14-18)19-17-30-24(5,6)27(19)22(29)31-23(2,3)4/h10-14,19-20H,8-9,15-17H2,1-7H3/t19-,20+,25+/m0/s1. The number of likely N-dealkylation sites (tertiary alicyclic amines) is 1. The van der Waals surface area contributed by atoms with Crippen molar-refractivity contribution in [3.05, 3.63) is 35.9 Å². The molecule has 2 aliphatic heterocycles. The highest BCUT2D eigenvalue weighted by molar-refractivity contribution is 5.90. The van der Waals surface area contributed by atoms with Crippen LogP contribution in [0.2, 0.25) is 0 Å². The van der Waals surface area contributed by atoms with E-state index in [9.17, 15) is 9.59 Å². The van der Waals surface area contributed by atoms with Gasteiger partial charge in [-0.05, 0) is 53.5 Å². The van der Waals surface area contributed by atoms with E-state index in [0.29, 0.717) is 13.2 Å². The molecule has 172 valence electrons. The highest BCUT2D eigenvalue weighted by atomic mass is 16.6. The van der Waals surface area contributed by atoms with Crippen molar-refractivity contribution in [1.82, 2.24) is 9.80 Å². The summed E-state index contributed by atoms with van der Waals surface area (Å²) in [5.41, 5.74) is -0.833. The maximum Gasteiger partial charge on any atom is 0.412 e. The summed E-state index contributed by atoms with van der Waals surface area (Å²) in [5.74, 6) is 0.156. The van der Waals surface area contributed by atoms with E-state index >= 15 is 0 Å². The van der Waals surface area contributed by atoms with E-state index < -0.39 is 22.8 Å². The number of carbonyl (C=O) groups excluding carboxylic acids is 2. The van der Waals surface area contributed by atoms with Crippen LogP contribution in [0.4, 0.5) is 4.79 Å². The lowest BCUT2D eigenvalue weighted by molar-refractivity contribution is -0.179. The summed E-state index contributed by atoms with van der Waals surface area (Å²) in [4.78, 5) is 30.2. The highest BCUT2D eigenvalue weighted by Crippen LogP contribution is 2.49. The fraction of sp³-hybridized carbons (Fsp3) is 0.680. The van der Waals surface area contributed by atoms with Gasteiger partial charge in [0, 0.05) is 6.54 Å². The van der Waals surface area contributed by atoms with Gasteiger partial charge in [-0.25, -0.2) is 4.79 Å². The minimum absolute atomic E-state index is 0.124. The van der Waals surface area contributed by atoms with Crippen LogP contribution in [-0.2, 0) is 20.8 Å². The van der Waals surface area contributed by atoms with Crippen molar-refractivity contribution in [2.75, 3.05) is 6.61 Å². The molecule has 0 aliphatic carbocycles. The normalized spacial score (nSPS) is 27.9. The first-order valence-corrected chi connectivity index (χ1v) is 11.4. The molecule has 0 unspecified atom stereocenters. The average Bonchev–Trinajstić information content (AvgIpc) is 2.99. The Hall–Kier alpha value is -2.08. The molecule has 2 heterocycles. The summed E-state index contributed by atoms with van der Waals surface area (Å²) in [5, 5.41) is 0. The van der Waals surface area contributed by atoms with Crippen LogP contribution in [0.25, 0.3) is 0 Å². The SMILES string of the molecule is CCCC[C@@]1(C)C(=O)N(Cc2ccccc2)[C@@H]1[C@@H]1COC(C)(C)N1C(=O)OC(C)(C)C. The molecule has 2 saturated heterocycles. The molecule has 6 heteroatoms. The minimum Gasteiger partial charge on any atom is -0.444 e. The highest BCUT2D eigenvalue weighted by Gasteiger charge is 2.64. The molecule has 3 atom stereocenters. The molecular formula is C25H38N2O4. The third-order valence-corrected chi connectivity index (χ3v) is 6.46. The first-order valence-electron chi connectivity index (χ1n) is 11.4. The number of unbranched alkanes of at least 4 members (excludes halogenated alkanes) is 1. The fourth-order valence-corrected chi connectivity index (χ4v) is 4.97. The van der Waals surface area contributed by atoms with Gasteiger partial charge in [0.05, 0.1) is 24.1 Å². The molecule has 0 N–H and O–H groups in total. The lowest BCUT2D eigenvalue weighted by atomic mass is 9.65. The number of amides is 2. The number of benzene rings is 1. The lowest BCUT2D eigenvalue weighted by Crippen LogP contribution is -2.74. The molecule has 1 aromatic carbocycles. The number of nitrogens with zero attached hydrogens (tertiary/aromatic N) is 2. The molecule has 2 aliphatic rings. The van der Waals surface area contributed by atoms with E-state index in [2.05, 4.69) is 13.8 Å². The van der Waals surface area contributed by atoms with Crippen molar-refractivity contribution in [3.63, 3.8) is 0 Å². The third-order valence-electron chi connectivity index (χ3n) is 6.46. The zero-order valence-electron chi connectivity index (χ0n) is 20.1. The van der Waals surface area contributed by atoms with Crippen molar-refractivity contribution >= 4 is 12.0 Å². The summed E-state index contributed by atoms with van der Waals surface area (Å²) in [6.45, 7) is 14.5.